The van der Waals surface area contributed by atoms with Crippen molar-refractivity contribution in [2.45, 2.75) is 13.8 Å². The second-order valence-electron chi connectivity index (χ2n) is 3.57. The minimum absolute atomic E-state index is 0.379. The third kappa shape index (κ3) is 1.56. The van der Waals surface area contributed by atoms with Gasteiger partial charge in [-0.1, -0.05) is 0 Å². The lowest BCUT2D eigenvalue weighted by Crippen LogP contribution is -2.00. The van der Waals surface area contributed by atoms with Crippen LogP contribution in [0.15, 0.2) is 27.4 Å². The van der Waals surface area contributed by atoms with E-state index in [0.717, 1.165) is 11.1 Å². The number of hydrogen-bond donors (Lipinski definition) is 0. The maximum atomic E-state index is 11.1. The predicted octanol–water partition coefficient (Wildman–Crippen LogP) is 2.22. The fraction of sp³-hybridized carbons (Fsp3) is 0.167. The Bertz CT molecular complexity index is 594. The first-order valence-electron chi connectivity index (χ1n) is 4.62. The number of hydrogen-bond acceptors (Lipinski definition) is 3. The summed E-state index contributed by atoms with van der Waals surface area (Å²) in [4.78, 5) is 21.9. The summed E-state index contributed by atoms with van der Waals surface area (Å²) in [5.41, 5.74) is 2.46. The quantitative estimate of drug-likeness (QED) is 0.526. The van der Waals surface area contributed by atoms with Gasteiger partial charge in [-0.25, -0.2) is 4.79 Å². The van der Waals surface area contributed by atoms with Crippen molar-refractivity contribution in [2.24, 2.45) is 0 Å². The van der Waals surface area contributed by atoms with Crippen molar-refractivity contribution >= 4 is 17.3 Å². The molecule has 0 atom stereocenters. The highest BCUT2D eigenvalue weighted by molar-refractivity contribution is 5.95. The van der Waals surface area contributed by atoms with Crippen LogP contribution in [0.3, 0.4) is 0 Å². The van der Waals surface area contributed by atoms with Gasteiger partial charge in [0.15, 0.2) is 6.29 Å². The molecule has 0 aliphatic rings. The van der Waals surface area contributed by atoms with Crippen molar-refractivity contribution in [1.29, 1.82) is 0 Å². The largest absolute Gasteiger partial charge is 0.423 e. The fourth-order valence-corrected chi connectivity index (χ4v) is 1.54. The third-order valence-corrected chi connectivity index (χ3v) is 2.52. The number of carbonyl (C=O) groups excluding carboxylic acids is 1. The molecule has 2 rings (SSSR count). The summed E-state index contributed by atoms with van der Waals surface area (Å²) in [5, 5.41) is 0.688. The van der Waals surface area contributed by atoms with Crippen LogP contribution in [0.4, 0.5) is 0 Å². The van der Waals surface area contributed by atoms with Gasteiger partial charge in [0, 0.05) is 17.0 Å². The molecular formula is C12H10O3. The molecule has 76 valence electrons. The van der Waals surface area contributed by atoms with Gasteiger partial charge in [-0.3, -0.25) is 4.79 Å². The highest BCUT2D eigenvalue weighted by atomic mass is 16.4. The number of rotatable bonds is 1. The van der Waals surface area contributed by atoms with Crippen molar-refractivity contribution in [3.05, 3.63) is 45.3 Å². The predicted molar refractivity (Wildman–Crippen MR) is 57.3 cm³/mol. The van der Waals surface area contributed by atoms with Crippen LogP contribution >= 0.6 is 0 Å². The summed E-state index contributed by atoms with van der Waals surface area (Å²) in [5.74, 6) is 0. The molecule has 0 amide bonds. The number of fused-ring (bicyclic) bond motifs is 1. The van der Waals surface area contributed by atoms with Gasteiger partial charge in [0.25, 0.3) is 0 Å². The van der Waals surface area contributed by atoms with Gasteiger partial charge in [-0.15, -0.1) is 0 Å². The summed E-state index contributed by atoms with van der Waals surface area (Å²) in [6, 6.07) is 4.85. The Balaban J connectivity index is 2.97. The lowest BCUT2D eigenvalue weighted by molar-refractivity contribution is 0.112. The van der Waals surface area contributed by atoms with Gasteiger partial charge in [-0.05, 0) is 37.1 Å². The molecule has 3 heteroatoms. The molecule has 0 saturated heterocycles. The molecule has 0 unspecified atom stereocenters. The summed E-state index contributed by atoms with van der Waals surface area (Å²) >= 11 is 0. The normalized spacial score (nSPS) is 10.5. The van der Waals surface area contributed by atoms with Crippen molar-refractivity contribution in [1.82, 2.24) is 0 Å². The summed E-state index contributed by atoms with van der Waals surface area (Å²) in [6.07, 6.45) is 0.675. The Morgan fingerprint density at radius 1 is 1.13 bits per heavy atom. The maximum Gasteiger partial charge on any atom is 0.336 e. The first kappa shape index (κ1) is 9.65. The fourth-order valence-electron chi connectivity index (χ4n) is 1.54. The molecule has 0 bridgehead atoms. The van der Waals surface area contributed by atoms with Crippen LogP contribution in [-0.2, 0) is 0 Å². The zero-order valence-corrected chi connectivity index (χ0v) is 8.53. The average Bonchev–Trinajstić information content (AvgIpc) is 2.19. The molecule has 1 aromatic heterocycles. The highest BCUT2D eigenvalue weighted by Gasteiger charge is 2.06. The van der Waals surface area contributed by atoms with Gasteiger partial charge in [0.1, 0.15) is 5.58 Å². The molecule has 0 aliphatic carbocycles. The Hall–Kier alpha value is -1.90. The van der Waals surface area contributed by atoms with E-state index in [1.54, 1.807) is 6.07 Å². The first-order chi connectivity index (χ1) is 7.11. The second kappa shape index (κ2) is 3.35. The second-order valence-corrected chi connectivity index (χ2v) is 3.57. The lowest BCUT2D eigenvalue weighted by Gasteiger charge is -2.03. The minimum atomic E-state index is -0.493. The summed E-state index contributed by atoms with van der Waals surface area (Å²) in [6.45, 7) is 3.89. The lowest BCUT2D eigenvalue weighted by atomic mass is 10.0. The molecule has 3 nitrogen and oxygen atoms in total. The Morgan fingerprint density at radius 3 is 2.47 bits per heavy atom. The van der Waals surface area contributed by atoms with E-state index >= 15 is 0 Å². The third-order valence-electron chi connectivity index (χ3n) is 2.52. The number of benzene rings is 1. The number of aldehydes is 1. The molecule has 0 fully saturated rings. The van der Waals surface area contributed by atoms with Crippen molar-refractivity contribution in [3.8, 4) is 0 Å². The molecule has 1 heterocycles. The van der Waals surface area contributed by atoms with Crippen LogP contribution in [0.1, 0.15) is 21.5 Å². The Labute approximate surface area is 86.3 Å². The van der Waals surface area contributed by atoms with Crippen molar-refractivity contribution < 1.29 is 9.21 Å². The molecular weight excluding hydrogens is 192 g/mol. The molecule has 0 saturated carbocycles. The van der Waals surface area contributed by atoms with E-state index < -0.39 is 5.63 Å². The zero-order chi connectivity index (χ0) is 11.0. The Kier molecular flexibility index (Phi) is 2.15. The van der Waals surface area contributed by atoms with E-state index in [4.69, 9.17) is 4.42 Å². The van der Waals surface area contributed by atoms with Crippen LogP contribution in [-0.4, -0.2) is 6.29 Å². The standard InChI is InChI=1S/C12H10O3/c1-7-3-10-9(6-13)5-12(14)15-11(10)4-8(7)2/h3-6H,1-2H3. The summed E-state index contributed by atoms with van der Waals surface area (Å²) in [7, 11) is 0. The topological polar surface area (TPSA) is 47.3 Å². The number of carbonyl (C=O) groups is 1. The number of aryl methyl sites for hydroxylation is 2. The van der Waals surface area contributed by atoms with Gasteiger partial charge in [-0.2, -0.15) is 0 Å². The molecule has 15 heavy (non-hydrogen) atoms. The van der Waals surface area contributed by atoms with E-state index in [2.05, 4.69) is 0 Å². The van der Waals surface area contributed by atoms with Gasteiger partial charge < -0.3 is 4.42 Å². The minimum Gasteiger partial charge on any atom is -0.423 e. The highest BCUT2D eigenvalue weighted by Crippen LogP contribution is 2.20. The van der Waals surface area contributed by atoms with Crippen LogP contribution in [0.2, 0.25) is 0 Å². The molecule has 0 spiro atoms. The van der Waals surface area contributed by atoms with Gasteiger partial charge in [0.2, 0.25) is 0 Å². The van der Waals surface area contributed by atoms with Crippen LogP contribution < -0.4 is 5.63 Å². The van der Waals surface area contributed by atoms with Gasteiger partial charge in [0.05, 0.1) is 0 Å². The molecule has 2 aromatic rings. The zero-order valence-electron chi connectivity index (χ0n) is 8.53. The van der Waals surface area contributed by atoms with Crippen LogP contribution in [0, 0.1) is 13.8 Å². The monoisotopic (exact) mass is 202 g/mol. The summed E-state index contributed by atoms with van der Waals surface area (Å²) < 4.78 is 5.03. The van der Waals surface area contributed by atoms with Crippen molar-refractivity contribution in [3.63, 3.8) is 0 Å². The smallest absolute Gasteiger partial charge is 0.336 e. The van der Waals surface area contributed by atoms with Crippen LogP contribution in [0.5, 0.6) is 0 Å². The first-order valence-corrected chi connectivity index (χ1v) is 4.62. The molecule has 0 aliphatic heterocycles. The Morgan fingerprint density at radius 2 is 1.80 bits per heavy atom. The van der Waals surface area contributed by atoms with E-state index in [1.807, 2.05) is 19.9 Å². The van der Waals surface area contributed by atoms with E-state index in [0.29, 0.717) is 22.8 Å². The molecule has 0 radical (unpaired) electrons. The molecule has 1 aromatic carbocycles. The van der Waals surface area contributed by atoms with E-state index in [1.165, 1.54) is 6.07 Å². The molecule has 0 N–H and O–H groups in total. The average molecular weight is 202 g/mol. The SMILES string of the molecule is Cc1cc2oc(=O)cc(C=O)c2cc1C. The van der Waals surface area contributed by atoms with Crippen LogP contribution in [0.25, 0.3) is 11.0 Å². The van der Waals surface area contributed by atoms with Crippen molar-refractivity contribution in [2.75, 3.05) is 0 Å². The van der Waals surface area contributed by atoms with Gasteiger partial charge >= 0.3 is 5.63 Å². The van der Waals surface area contributed by atoms with E-state index in [9.17, 15) is 9.59 Å². The van der Waals surface area contributed by atoms with E-state index in [-0.39, 0.29) is 0 Å². The maximum absolute atomic E-state index is 11.1.